The number of aromatic amines is 1. The first-order chi connectivity index (χ1) is 14.1. The molecular weight excluding hydrogens is 380 g/mol. The summed E-state index contributed by atoms with van der Waals surface area (Å²) in [6.45, 7) is 8.50. The zero-order valence-electron chi connectivity index (χ0n) is 17.1. The van der Waals surface area contributed by atoms with Gasteiger partial charge in [-0.2, -0.15) is 0 Å². The second-order valence-corrected chi connectivity index (χ2v) is 9.49. The van der Waals surface area contributed by atoms with Gasteiger partial charge in [0.25, 0.3) is 0 Å². The molecule has 2 aromatic carbocycles. The molecule has 4 rings (SSSR count). The molecule has 0 atom stereocenters. The lowest BCUT2D eigenvalue weighted by Crippen LogP contribution is -2.48. The third kappa shape index (κ3) is 5.19. The van der Waals surface area contributed by atoms with Crippen molar-refractivity contribution in [2.75, 3.05) is 26.2 Å². The van der Waals surface area contributed by atoms with E-state index in [4.69, 9.17) is 0 Å². The van der Waals surface area contributed by atoms with E-state index in [2.05, 4.69) is 59.0 Å². The van der Waals surface area contributed by atoms with Gasteiger partial charge in [-0.1, -0.05) is 38.1 Å². The average Bonchev–Trinajstić information content (AvgIpc) is 3.12. The van der Waals surface area contributed by atoms with Gasteiger partial charge in [0.05, 0.1) is 24.0 Å². The lowest BCUT2D eigenvalue weighted by atomic mass is 10.1. The molecule has 152 valence electrons. The molecule has 1 fully saturated rings. The Morgan fingerprint density at radius 3 is 2.48 bits per heavy atom. The molecule has 0 bridgehead atoms. The van der Waals surface area contributed by atoms with Gasteiger partial charge in [-0.05, 0) is 29.8 Å². The van der Waals surface area contributed by atoms with Crippen molar-refractivity contribution in [3.05, 3.63) is 59.9 Å². The molecule has 0 spiro atoms. The number of piperazine rings is 1. The Morgan fingerprint density at radius 2 is 1.79 bits per heavy atom. The van der Waals surface area contributed by atoms with Gasteiger partial charge >= 0.3 is 0 Å². The number of imidazole rings is 1. The Morgan fingerprint density at radius 1 is 1.07 bits per heavy atom. The van der Waals surface area contributed by atoms with Crippen LogP contribution in [0.5, 0.6) is 0 Å². The predicted molar refractivity (Wildman–Crippen MR) is 119 cm³/mol. The maximum Gasteiger partial charge on any atom is 0.227 e. The first kappa shape index (κ1) is 20.0. The fourth-order valence-electron chi connectivity index (χ4n) is 3.69. The highest BCUT2D eigenvalue weighted by Crippen LogP contribution is 2.23. The first-order valence-corrected chi connectivity index (χ1v) is 11.1. The van der Waals surface area contributed by atoms with Gasteiger partial charge in [0, 0.05) is 36.3 Å². The number of hydrogen-bond donors (Lipinski definition) is 1. The van der Waals surface area contributed by atoms with E-state index in [1.165, 1.54) is 4.90 Å². The number of carbonyl (C=O) groups is 1. The van der Waals surface area contributed by atoms with Crippen LogP contribution in [-0.4, -0.2) is 57.1 Å². The Balaban J connectivity index is 1.27. The van der Waals surface area contributed by atoms with Crippen LogP contribution in [0.1, 0.15) is 25.2 Å². The summed E-state index contributed by atoms with van der Waals surface area (Å²) in [7, 11) is 0. The highest BCUT2D eigenvalue weighted by molar-refractivity contribution is 7.99. The number of amides is 1. The SMILES string of the molecule is CC(C)Sc1ccc(CC(=O)N2CCN(Cc3nc4ccccc4[nH]3)CC2)cc1. The Kier molecular flexibility index (Phi) is 6.21. The van der Waals surface area contributed by atoms with Crippen molar-refractivity contribution < 1.29 is 4.79 Å². The lowest BCUT2D eigenvalue weighted by molar-refractivity contribution is -0.132. The second kappa shape index (κ2) is 9.01. The minimum Gasteiger partial charge on any atom is -0.341 e. The third-order valence-corrected chi connectivity index (χ3v) is 6.20. The number of aromatic nitrogens is 2. The van der Waals surface area contributed by atoms with Crippen molar-refractivity contribution in [2.45, 2.75) is 37.0 Å². The average molecular weight is 409 g/mol. The van der Waals surface area contributed by atoms with Crippen molar-refractivity contribution in [2.24, 2.45) is 0 Å². The molecule has 6 heteroatoms. The summed E-state index contributed by atoms with van der Waals surface area (Å²) < 4.78 is 0. The molecule has 1 saturated heterocycles. The molecule has 1 N–H and O–H groups in total. The standard InChI is InChI=1S/C23H28N4OS/c1-17(2)29-19-9-7-18(8-10-19)15-23(28)27-13-11-26(12-14-27)16-22-24-20-5-3-4-6-21(20)25-22/h3-10,17H,11-16H2,1-2H3,(H,24,25). The van der Waals surface area contributed by atoms with Crippen LogP contribution in [0, 0.1) is 0 Å². The van der Waals surface area contributed by atoms with Crippen molar-refractivity contribution in [3.8, 4) is 0 Å². The summed E-state index contributed by atoms with van der Waals surface area (Å²) in [6, 6.07) is 16.5. The molecule has 0 radical (unpaired) electrons. The van der Waals surface area contributed by atoms with E-state index < -0.39 is 0 Å². The summed E-state index contributed by atoms with van der Waals surface area (Å²) in [5.41, 5.74) is 3.18. The van der Waals surface area contributed by atoms with Gasteiger partial charge in [0.15, 0.2) is 0 Å². The third-order valence-electron chi connectivity index (χ3n) is 5.19. The molecule has 29 heavy (non-hydrogen) atoms. The number of nitrogens with zero attached hydrogens (tertiary/aromatic N) is 3. The van der Waals surface area contributed by atoms with E-state index >= 15 is 0 Å². The minimum absolute atomic E-state index is 0.220. The van der Waals surface area contributed by atoms with Crippen molar-refractivity contribution >= 4 is 28.7 Å². The Hall–Kier alpha value is -2.31. The zero-order valence-corrected chi connectivity index (χ0v) is 17.9. The number of carbonyl (C=O) groups excluding carboxylic acids is 1. The van der Waals surface area contributed by atoms with E-state index in [1.807, 2.05) is 34.9 Å². The van der Waals surface area contributed by atoms with Crippen LogP contribution in [-0.2, 0) is 17.8 Å². The van der Waals surface area contributed by atoms with Crippen LogP contribution < -0.4 is 0 Å². The molecule has 0 saturated carbocycles. The fourth-order valence-corrected chi connectivity index (χ4v) is 4.53. The Bertz CT molecular complexity index is 925. The van der Waals surface area contributed by atoms with E-state index in [1.54, 1.807) is 0 Å². The number of H-pyrrole nitrogens is 1. The molecule has 3 aromatic rings. The lowest BCUT2D eigenvalue weighted by Gasteiger charge is -2.34. The normalized spacial score (nSPS) is 15.3. The molecule has 2 heterocycles. The van der Waals surface area contributed by atoms with E-state index in [0.29, 0.717) is 11.7 Å². The van der Waals surface area contributed by atoms with Crippen LogP contribution in [0.2, 0.25) is 0 Å². The zero-order chi connectivity index (χ0) is 20.2. The molecule has 1 amide bonds. The van der Waals surface area contributed by atoms with Gasteiger partial charge in [-0.3, -0.25) is 9.69 Å². The van der Waals surface area contributed by atoms with Gasteiger partial charge in [0.1, 0.15) is 5.82 Å². The predicted octanol–water partition coefficient (Wildman–Crippen LogP) is 3.95. The van der Waals surface area contributed by atoms with Crippen molar-refractivity contribution in [3.63, 3.8) is 0 Å². The first-order valence-electron chi connectivity index (χ1n) is 10.3. The van der Waals surface area contributed by atoms with Crippen LogP contribution in [0.3, 0.4) is 0 Å². The monoisotopic (exact) mass is 408 g/mol. The van der Waals surface area contributed by atoms with Gasteiger partial charge < -0.3 is 9.88 Å². The van der Waals surface area contributed by atoms with Crippen molar-refractivity contribution in [1.29, 1.82) is 0 Å². The summed E-state index contributed by atoms with van der Waals surface area (Å²) in [4.78, 5) is 26.4. The topological polar surface area (TPSA) is 52.2 Å². The van der Waals surface area contributed by atoms with Gasteiger partial charge in [-0.15, -0.1) is 11.8 Å². The number of rotatable bonds is 6. The largest absolute Gasteiger partial charge is 0.341 e. The molecule has 1 aliphatic rings. The highest BCUT2D eigenvalue weighted by atomic mass is 32.2. The number of nitrogens with one attached hydrogen (secondary N) is 1. The molecule has 0 unspecified atom stereocenters. The number of fused-ring (bicyclic) bond motifs is 1. The summed E-state index contributed by atoms with van der Waals surface area (Å²) >= 11 is 1.85. The van der Waals surface area contributed by atoms with Gasteiger partial charge in [0.2, 0.25) is 5.91 Å². The highest BCUT2D eigenvalue weighted by Gasteiger charge is 2.22. The van der Waals surface area contributed by atoms with E-state index in [9.17, 15) is 4.79 Å². The van der Waals surface area contributed by atoms with Crippen LogP contribution in [0.15, 0.2) is 53.4 Å². The molecule has 5 nitrogen and oxygen atoms in total. The van der Waals surface area contributed by atoms with E-state index in [-0.39, 0.29) is 5.91 Å². The molecular formula is C23H28N4OS. The number of thioether (sulfide) groups is 1. The maximum absolute atomic E-state index is 12.7. The van der Waals surface area contributed by atoms with E-state index in [0.717, 1.165) is 55.1 Å². The quantitative estimate of drug-likeness (QED) is 0.628. The van der Waals surface area contributed by atoms with Crippen LogP contribution in [0.25, 0.3) is 11.0 Å². The Labute approximate surface area is 176 Å². The second-order valence-electron chi connectivity index (χ2n) is 7.84. The summed E-state index contributed by atoms with van der Waals surface area (Å²) in [6.07, 6.45) is 0.482. The minimum atomic E-state index is 0.220. The molecule has 1 aromatic heterocycles. The summed E-state index contributed by atoms with van der Waals surface area (Å²) in [5.74, 6) is 1.21. The fraction of sp³-hybridized carbons (Fsp3) is 0.391. The number of hydrogen-bond acceptors (Lipinski definition) is 4. The molecule has 0 aliphatic carbocycles. The summed E-state index contributed by atoms with van der Waals surface area (Å²) in [5, 5.41) is 0.568. The molecule has 1 aliphatic heterocycles. The van der Waals surface area contributed by atoms with Crippen LogP contribution in [0.4, 0.5) is 0 Å². The van der Waals surface area contributed by atoms with Crippen LogP contribution >= 0.6 is 11.8 Å². The maximum atomic E-state index is 12.7. The number of benzene rings is 2. The smallest absolute Gasteiger partial charge is 0.227 e. The number of para-hydroxylation sites is 2. The van der Waals surface area contributed by atoms with Gasteiger partial charge in [-0.25, -0.2) is 4.98 Å². The van der Waals surface area contributed by atoms with Crippen molar-refractivity contribution in [1.82, 2.24) is 19.8 Å².